The van der Waals surface area contributed by atoms with Crippen molar-refractivity contribution in [2.24, 2.45) is 0 Å². The van der Waals surface area contributed by atoms with E-state index in [0.717, 1.165) is 29.5 Å². The lowest BCUT2D eigenvalue weighted by atomic mass is 10.1. The van der Waals surface area contributed by atoms with E-state index in [1.807, 2.05) is 6.92 Å². The Labute approximate surface area is 173 Å². The summed E-state index contributed by atoms with van der Waals surface area (Å²) in [4.78, 5) is 21.6. The van der Waals surface area contributed by atoms with Crippen LogP contribution in [-0.4, -0.2) is 37.9 Å². The summed E-state index contributed by atoms with van der Waals surface area (Å²) in [6.07, 6.45) is -4.63. The van der Waals surface area contributed by atoms with Crippen LogP contribution in [0.3, 0.4) is 0 Å². The van der Waals surface area contributed by atoms with E-state index in [4.69, 9.17) is 9.84 Å². The minimum absolute atomic E-state index is 0.353. The molecule has 0 spiro atoms. The Morgan fingerprint density at radius 2 is 1.62 bits per heavy atom. The number of benzene rings is 2. The number of hydrogen-bond acceptors (Lipinski definition) is 5. The normalized spacial score (nSPS) is 10.4. The zero-order chi connectivity index (χ0) is 22.2. The van der Waals surface area contributed by atoms with Gasteiger partial charge < -0.3 is 19.3 Å². The van der Waals surface area contributed by atoms with E-state index in [1.165, 1.54) is 7.11 Å². The Kier molecular flexibility index (Phi) is 8.96. The lowest BCUT2D eigenvalue weighted by Gasteiger charge is -2.11. The molecule has 29 heavy (non-hydrogen) atoms. The number of esters is 1. The smallest absolute Gasteiger partial charge is 0.419 e. The Hall–Kier alpha value is -2.75. The summed E-state index contributed by atoms with van der Waals surface area (Å²) in [5, 5.41) is 8.53. The molecule has 158 valence electrons. The number of hydrogen-bond donors (Lipinski definition) is 1. The van der Waals surface area contributed by atoms with Crippen LogP contribution in [0, 0.1) is 0 Å². The van der Waals surface area contributed by atoms with Crippen molar-refractivity contribution in [1.29, 1.82) is 0 Å². The zero-order valence-corrected chi connectivity index (χ0v) is 17.3. The molecule has 0 heterocycles. The number of carboxylic acids is 1. The molecule has 2 aromatic carbocycles. The molecule has 0 fully saturated rings. The van der Waals surface area contributed by atoms with Gasteiger partial charge in [0, 0.05) is 0 Å². The highest BCUT2D eigenvalue weighted by atomic mass is 79.9. The van der Waals surface area contributed by atoms with E-state index in [9.17, 15) is 22.8 Å². The van der Waals surface area contributed by atoms with Crippen molar-refractivity contribution in [3.05, 3.63) is 57.6 Å². The average molecular weight is 479 g/mol. The third kappa shape index (κ3) is 6.97. The lowest BCUT2D eigenvalue weighted by Crippen LogP contribution is -2.09. The Morgan fingerprint density at radius 3 is 2.07 bits per heavy atom. The second kappa shape index (κ2) is 10.7. The number of aromatic carboxylic acids is 1. The summed E-state index contributed by atoms with van der Waals surface area (Å²) in [7, 11) is 2.44. The first-order chi connectivity index (χ1) is 13.5. The highest BCUT2D eigenvalue weighted by Gasteiger charge is 2.35. The fraction of sp³-hybridized carbons (Fsp3) is 0.263. The highest BCUT2D eigenvalue weighted by molar-refractivity contribution is 9.10. The van der Waals surface area contributed by atoms with Crippen molar-refractivity contribution in [2.75, 3.05) is 20.8 Å². The van der Waals surface area contributed by atoms with Crippen molar-refractivity contribution in [3.8, 4) is 11.5 Å². The van der Waals surface area contributed by atoms with Crippen LogP contribution in [0.5, 0.6) is 11.5 Å². The molecule has 6 nitrogen and oxygen atoms in total. The molecule has 2 aromatic rings. The number of rotatable bonds is 5. The van der Waals surface area contributed by atoms with Crippen LogP contribution in [0.25, 0.3) is 0 Å². The van der Waals surface area contributed by atoms with Gasteiger partial charge in [-0.3, -0.25) is 0 Å². The third-order valence-electron chi connectivity index (χ3n) is 3.40. The molecule has 0 atom stereocenters. The van der Waals surface area contributed by atoms with Crippen LogP contribution in [0.2, 0.25) is 0 Å². The molecule has 10 heteroatoms. The lowest BCUT2D eigenvalue weighted by molar-refractivity contribution is -0.138. The quantitative estimate of drug-likeness (QED) is 0.605. The van der Waals surface area contributed by atoms with Crippen molar-refractivity contribution in [1.82, 2.24) is 0 Å². The van der Waals surface area contributed by atoms with Gasteiger partial charge in [0.15, 0.2) is 0 Å². The van der Waals surface area contributed by atoms with E-state index in [0.29, 0.717) is 18.2 Å². The maximum atomic E-state index is 12.4. The number of carbonyl (C=O) groups excluding carboxylic acids is 1. The largest absolute Gasteiger partial charge is 0.496 e. The van der Waals surface area contributed by atoms with E-state index in [1.54, 1.807) is 18.2 Å². The molecule has 0 bridgehead atoms. The fourth-order valence-corrected chi connectivity index (χ4v) is 2.57. The molecule has 0 saturated carbocycles. The van der Waals surface area contributed by atoms with Gasteiger partial charge >= 0.3 is 18.1 Å². The number of ether oxygens (including phenoxy) is 3. The van der Waals surface area contributed by atoms with Crippen LogP contribution in [0.15, 0.2) is 40.9 Å². The van der Waals surface area contributed by atoms with Gasteiger partial charge in [-0.05, 0) is 59.3 Å². The van der Waals surface area contributed by atoms with E-state index < -0.39 is 29.0 Å². The summed E-state index contributed by atoms with van der Waals surface area (Å²) >= 11 is 3.31. The van der Waals surface area contributed by atoms with Gasteiger partial charge in [0.1, 0.15) is 11.5 Å². The SMILES string of the molecule is CCOc1ccc(C(=O)OC)cc1Br.COc1ccc(C(=O)O)cc1C(F)(F)F. The zero-order valence-electron chi connectivity index (χ0n) is 15.7. The maximum absolute atomic E-state index is 12.4. The average Bonchev–Trinajstić information content (AvgIpc) is 2.68. The minimum atomic E-state index is -4.63. The summed E-state index contributed by atoms with van der Waals surface area (Å²) in [5.41, 5.74) is -1.02. The number of alkyl halides is 3. The summed E-state index contributed by atoms with van der Waals surface area (Å²) in [6, 6.07) is 7.65. The molecule has 0 unspecified atom stereocenters. The van der Waals surface area contributed by atoms with Crippen LogP contribution < -0.4 is 9.47 Å². The number of carboxylic acid groups (broad SMARTS) is 1. The van der Waals surface area contributed by atoms with Gasteiger partial charge in [-0.2, -0.15) is 13.2 Å². The molecule has 1 N–H and O–H groups in total. The molecule has 0 aliphatic rings. The number of methoxy groups -OCH3 is 2. The molecule has 0 amide bonds. The van der Waals surface area contributed by atoms with Gasteiger partial charge in [-0.15, -0.1) is 0 Å². The highest BCUT2D eigenvalue weighted by Crippen LogP contribution is 2.36. The van der Waals surface area contributed by atoms with Gasteiger partial charge in [-0.25, -0.2) is 9.59 Å². The molecule has 0 radical (unpaired) electrons. The minimum Gasteiger partial charge on any atom is -0.496 e. The Morgan fingerprint density at radius 1 is 1.03 bits per heavy atom. The van der Waals surface area contributed by atoms with Gasteiger partial charge in [-0.1, -0.05) is 0 Å². The molecular formula is C19H18BrF3O6. The van der Waals surface area contributed by atoms with Crippen LogP contribution >= 0.6 is 15.9 Å². The maximum Gasteiger partial charge on any atom is 0.419 e. The fourth-order valence-electron chi connectivity index (χ4n) is 2.08. The van der Waals surface area contributed by atoms with Crippen molar-refractivity contribution in [2.45, 2.75) is 13.1 Å². The second-order valence-electron chi connectivity index (χ2n) is 5.29. The number of carbonyl (C=O) groups is 2. The molecule has 2 rings (SSSR count). The first-order valence-electron chi connectivity index (χ1n) is 8.04. The van der Waals surface area contributed by atoms with Gasteiger partial charge in [0.2, 0.25) is 0 Å². The molecule has 0 aliphatic heterocycles. The number of halogens is 4. The summed E-state index contributed by atoms with van der Waals surface area (Å²) < 4.78 is 52.4. The van der Waals surface area contributed by atoms with Gasteiger partial charge in [0.05, 0.1) is 42.0 Å². The molecule has 0 saturated heterocycles. The van der Waals surface area contributed by atoms with Crippen LogP contribution in [0.1, 0.15) is 33.2 Å². The first kappa shape index (κ1) is 24.3. The Balaban J connectivity index is 0.000000291. The van der Waals surface area contributed by atoms with E-state index in [-0.39, 0.29) is 5.97 Å². The molecule has 0 aromatic heterocycles. The standard InChI is InChI=1S/C10H11BrO3.C9H7F3O3/c1-3-14-9-5-4-7(6-8(9)11)10(12)13-2;1-15-7-3-2-5(8(13)14)4-6(7)9(10,11)12/h4-6H,3H2,1-2H3;2-4H,1H3,(H,13,14). The van der Waals surface area contributed by atoms with E-state index in [2.05, 4.69) is 25.4 Å². The molecule has 0 aliphatic carbocycles. The monoisotopic (exact) mass is 478 g/mol. The second-order valence-corrected chi connectivity index (χ2v) is 6.14. The van der Waals surface area contributed by atoms with Crippen LogP contribution in [0.4, 0.5) is 13.2 Å². The third-order valence-corrected chi connectivity index (χ3v) is 4.02. The van der Waals surface area contributed by atoms with E-state index >= 15 is 0 Å². The Bertz CT molecular complexity index is 868. The topological polar surface area (TPSA) is 82.1 Å². The predicted octanol–water partition coefficient (Wildman–Crippen LogP) is 5.05. The predicted molar refractivity (Wildman–Crippen MR) is 102 cm³/mol. The van der Waals surface area contributed by atoms with Crippen molar-refractivity contribution >= 4 is 27.9 Å². The summed E-state index contributed by atoms with van der Waals surface area (Å²) in [5.74, 6) is -1.44. The summed E-state index contributed by atoms with van der Waals surface area (Å²) in [6.45, 7) is 2.50. The molecular weight excluding hydrogens is 461 g/mol. The first-order valence-corrected chi connectivity index (χ1v) is 8.83. The van der Waals surface area contributed by atoms with Crippen molar-refractivity contribution < 1.29 is 42.1 Å². The van der Waals surface area contributed by atoms with Gasteiger partial charge in [0.25, 0.3) is 0 Å². The van der Waals surface area contributed by atoms with Crippen molar-refractivity contribution in [3.63, 3.8) is 0 Å². The van der Waals surface area contributed by atoms with Crippen LogP contribution in [-0.2, 0) is 10.9 Å².